The van der Waals surface area contributed by atoms with Crippen LogP contribution in [0, 0.1) is 11.8 Å². The SMILES string of the molecule is C/C(=N\Oc1nc(F)c(Cl)c(F)c1Cl)c1ccccc1. The summed E-state index contributed by atoms with van der Waals surface area (Å²) in [6, 6.07) is 9.10. The third kappa shape index (κ3) is 3.05. The molecule has 3 nitrogen and oxygen atoms in total. The summed E-state index contributed by atoms with van der Waals surface area (Å²) in [7, 11) is 0. The fourth-order valence-corrected chi connectivity index (χ4v) is 1.73. The zero-order chi connectivity index (χ0) is 14.7. The molecule has 0 atom stereocenters. The summed E-state index contributed by atoms with van der Waals surface area (Å²) in [6.07, 6.45) is 0. The van der Waals surface area contributed by atoms with Crippen molar-refractivity contribution in [2.24, 2.45) is 5.16 Å². The first kappa shape index (κ1) is 14.7. The molecular formula is C13H8Cl2F2N2O. The van der Waals surface area contributed by atoms with Crippen molar-refractivity contribution in [1.29, 1.82) is 0 Å². The molecule has 1 aromatic heterocycles. The highest BCUT2D eigenvalue weighted by Gasteiger charge is 2.19. The van der Waals surface area contributed by atoms with Gasteiger partial charge in [0.1, 0.15) is 10.0 Å². The van der Waals surface area contributed by atoms with Crippen LogP contribution in [0.3, 0.4) is 0 Å². The molecular weight excluding hydrogens is 309 g/mol. The quantitative estimate of drug-likeness (QED) is 0.475. The average molecular weight is 317 g/mol. The molecule has 7 heteroatoms. The van der Waals surface area contributed by atoms with E-state index < -0.39 is 27.7 Å². The van der Waals surface area contributed by atoms with E-state index in [9.17, 15) is 8.78 Å². The van der Waals surface area contributed by atoms with Gasteiger partial charge in [-0.25, -0.2) is 4.39 Å². The van der Waals surface area contributed by atoms with E-state index in [-0.39, 0.29) is 0 Å². The molecule has 104 valence electrons. The molecule has 0 bridgehead atoms. The van der Waals surface area contributed by atoms with Gasteiger partial charge in [0.15, 0.2) is 5.82 Å². The lowest BCUT2D eigenvalue weighted by Gasteiger charge is -2.05. The Morgan fingerprint density at radius 1 is 1.15 bits per heavy atom. The lowest BCUT2D eigenvalue weighted by atomic mass is 10.1. The third-order valence-electron chi connectivity index (χ3n) is 2.41. The van der Waals surface area contributed by atoms with Gasteiger partial charge < -0.3 is 4.84 Å². The number of oxime groups is 1. The van der Waals surface area contributed by atoms with Crippen LogP contribution >= 0.6 is 23.2 Å². The van der Waals surface area contributed by atoms with Crippen molar-refractivity contribution in [3.63, 3.8) is 0 Å². The topological polar surface area (TPSA) is 34.5 Å². The number of hydrogen-bond acceptors (Lipinski definition) is 3. The molecule has 20 heavy (non-hydrogen) atoms. The molecule has 0 fully saturated rings. The maximum Gasteiger partial charge on any atom is 0.273 e. The van der Waals surface area contributed by atoms with Gasteiger partial charge in [0, 0.05) is 0 Å². The summed E-state index contributed by atoms with van der Waals surface area (Å²) in [6.45, 7) is 1.67. The summed E-state index contributed by atoms with van der Waals surface area (Å²) in [5.74, 6) is -2.83. The maximum absolute atomic E-state index is 13.4. The summed E-state index contributed by atoms with van der Waals surface area (Å²) >= 11 is 10.9. The highest BCUT2D eigenvalue weighted by atomic mass is 35.5. The molecule has 2 aromatic rings. The van der Waals surface area contributed by atoms with Crippen LogP contribution in [0.4, 0.5) is 8.78 Å². The normalized spacial score (nSPS) is 11.6. The number of halogens is 4. The van der Waals surface area contributed by atoms with Crippen molar-refractivity contribution >= 4 is 28.9 Å². The fourth-order valence-electron chi connectivity index (χ4n) is 1.37. The Balaban J connectivity index is 2.28. The van der Waals surface area contributed by atoms with Gasteiger partial charge in [0.2, 0.25) is 5.95 Å². The lowest BCUT2D eigenvalue weighted by Crippen LogP contribution is -2.01. The Morgan fingerprint density at radius 2 is 1.80 bits per heavy atom. The Hall–Kier alpha value is -1.72. The van der Waals surface area contributed by atoms with Crippen molar-refractivity contribution in [3.8, 4) is 5.88 Å². The van der Waals surface area contributed by atoms with E-state index in [2.05, 4.69) is 10.1 Å². The molecule has 2 rings (SSSR count). The molecule has 0 radical (unpaired) electrons. The van der Waals surface area contributed by atoms with E-state index in [4.69, 9.17) is 28.0 Å². The number of hydrogen-bond donors (Lipinski definition) is 0. The third-order valence-corrected chi connectivity index (χ3v) is 3.06. The first-order valence-electron chi connectivity index (χ1n) is 5.47. The second kappa shape index (κ2) is 6.15. The van der Waals surface area contributed by atoms with Gasteiger partial charge in [-0.05, 0) is 12.5 Å². The minimum absolute atomic E-state index is 0.485. The van der Waals surface area contributed by atoms with Crippen LogP contribution in [0.15, 0.2) is 35.5 Å². The van der Waals surface area contributed by atoms with Crippen molar-refractivity contribution < 1.29 is 13.6 Å². The van der Waals surface area contributed by atoms with Crippen molar-refractivity contribution in [3.05, 3.63) is 57.7 Å². The number of rotatable bonds is 3. The Kier molecular flexibility index (Phi) is 4.52. The number of aromatic nitrogens is 1. The van der Waals surface area contributed by atoms with Crippen molar-refractivity contribution in [2.75, 3.05) is 0 Å². The van der Waals surface area contributed by atoms with E-state index >= 15 is 0 Å². The Bertz CT molecular complexity index is 663. The largest absolute Gasteiger partial charge is 0.334 e. The van der Waals surface area contributed by atoms with E-state index in [1.54, 1.807) is 19.1 Å². The molecule has 0 amide bonds. The molecule has 0 saturated heterocycles. The molecule has 0 aliphatic rings. The van der Waals surface area contributed by atoms with Crippen LogP contribution in [0.5, 0.6) is 5.88 Å². The average Bonchev–Trinajstić information content (AvgIpc) is 2.48. The van der Waals surface area contributed by atoms with Crippen LogP contribution in [-0.2, 0) is 0 Å². The smallest absolute Gasteiger partial charge is 0.273 e. The van der Waals surface area contributed by atoms with E-state index in [1.165, 1.54) is 0 Å². The molecule has 0 N–H and O–H groups in total. The van der Waals surface area contributed by atoms with Crippen LogP contribution < -0.4 is 4.84 Å². The van der Waals surface area contributed by atoms with Gasteiger partial charge in [0.05, 0.1) is 5.71 Å². The zero-order valence-corrected chi connectivity index (χ0v) is 11.7. The molecule has 1 aromatic carbocycles. The first-order valence-corrected chi connectivity index (χ1v) is 6.23. The van der Waals surface area contributed by atoms with Gasteiger partial charge in [-0.2, -0.15) is 9.37 Å². The molecule has 0 aliphatic heterocycles. The summed E-state index contributed by atoms with van der Waals surface area (Å²) in [4.78, 5) is 8.17. The fraction of sp³-hybridized carbons (Fsp3) is 0.0769. The van der Waals surface area contributed by atoms with Gasteiger partial charge >= 0.3 is 0 Å². The van der Waals surface area contributed by atoms with Gasteiger partial charge in [-0.3, -0.25) is 0 Å². The van der Waals surface area contributed by atoms with E-state index in [0.717, 1.165) is 5.56 Å². The minimum atomic E-state index is -1.21. The highest BCUT2D eigenvalue weighted by molar-refractivity contribution is 6.35. The first-order chi connectivity index (χ1) is 9.50. The Labute approximate surface area is 123 Å². The summed E-state index contributed by atoms with van der Waals surface area (Å²) < 4.78 is 26.6. The number of benzene rings is 1. The second-order valence-electron chi connectivity index (χ2n) is 3.78. The van der Waals surface area contributed by atoms with Crippen LogP contribution in [0.2, 0.25) is 10.0 Å². The van der Waals surface area contributed by atoms with Gasteiger partial charge in [-0.15, -0.1) is 0 Å². The van der Waals surface area contributed by atoms with Crippen LogP contribution in [0.1, 0.15) is 12.5 Å². The molecule has 0 unspecified atom stereocenters. The zero-order valence-electron chi connectivity index (χ0n) is 10.2. The second-order valence-corrected chi connectivity index (χ2v) is 4.54. The predicted molar refractivity (Wildman–Crippen MR) is 73.5 cm³/mol. The Morgan fingerprint density at radius 3 is 2.45 bits per heavy atom. The number of nitrogens with zero attached hydrogens (tertiary/aromatic N) is 2. The predicted octanol–water partition coefficient (Wildman–Crippen LogP) is 4.47. The standard InChI is InChI=1S/C13H8Cl2F2N2O/c1-7(8-5-3-2-4-6-8)19-20-13-10(15)11(16)9(14)12(17)18-13/h2-6H,1H3/b19-7+. The van der Waals surface area contributed by atoms with Crippen molar-refractivity contribution in [2.45, 2.75) is 6.92 Å². The highest BCUT2D eigenvalue weighted by Crippen LogP contribution is 2.31. The number of pyridine rings is 1. The van der Waals surface area contributed by atoms with E-state index in [1.807, 2.05) is 18.2 Å². The summed E-state index contributed by atoms with van der Waals surface area (Å²) in [5, 5.41) is 2.42. The van der Waals surface area contributed by atoms with Crippen LogP contribution in [0.25, 0.3) is 0 Å². The molecule has 0 aliphatic carbocycles. The van der Waals surface area contributed by atoms with Gasteiger partial charge in [-0.1, -0.05) is 58.7 Å². The lowest BCUT2D eigenvalue weighted by molar-refractivity contribution is 0.318. The monoisotopic (exact) mass is 316 g/mol. The molecule has 0 saturated carbocycles. The van der Waals surface area contributed by atoms with E-state index in [0.29, 0.717) is 5.71 Å². The van der Waals surface area contributed by atoms with Crippen molar-refractivity contribution in [1.82, 2.24) is 4.98 Å². The minimum Gasteiger partial charge on any atom is -0.334 e. The van der Waals surface area contributed by atoms with Crippen LogP contribution in [-0.4, -0.2) is 10.7 Å². The molecule has 1 heterocycles. The molecule has 0 spiro atoms. The maximum atomic E-state index is 13.4. The summed E-state index contributed by atoms with van der Waals surface area (Å²) in [5.41, 5.74) is 1.29. The van der Waals surface area contributed by atoms with Gasteiger partial charge in [0.25, 0.3) is 5.88 Å².